The van der Waals surface area contributed by atoms with Crippen LogP contribution in [0, 0.1) is 0 Å². The Hall–Kier alpha value is -3.22. The molecule has 3 amide bonds. The summed E-state index contributed by atoms with van der Waals surface area (Å²) in [6, 6.07) is 11.5. The van der Waals surface area contributed by atoms with Gasteiger partial charge in [0.15, 0.2) is 5.76 Å². The van der Waals surface area contributed by atoms with Crippen LogP contribution in [0.15, 0.2) is 53.3 Å². The van der Waals surface area contributed by atoms with E-state index in [9.17, 15) is 9.59 Å². The number of aromatic amines is 1. The zero-order valence-electron chi connectivity index (χ0n) is 15.6. The molecule has 3 heterocycles. The molecule has 7 heteroatoms. The zero-order valence-corrected chi connectivity index (χ0v) is 15.6. The van der Waals surface area contributed by atoms with E-state index in [1.54, 1.807) is 17.0 Å². The highest BCUT2D eigenvalue weighted by Gasteiger charge is 2.25. The van der Waals surface area contributed by atoms with Gasteiger partial charge >= 0.3 is 6.03 Å². The van der Waals surface area contributed by atoms with E-state index in [-0.39, 0.29) is 18.0 Å². The fourth-order valence-electron chi connectivity index (χ4n) is 3.67. The summed E-state index contributed by atoms with van der Waals surface area (Å²) in [7, 11) is 0. The number of fused-ring (bicyclic) bond motifs is 1. The molecule has 1 aromatic carbocycles. The predicted octanol–water partition coefficient (Wildman–Crippen LogP) is 2.91. The minimum atomic E-state index is -0.157. The zero-order chi connectivity index (χ0) is 19.3. The number of furan rings is 1. The van der Waals surface area contributed by atoms with Crippen molar-refractivity contribution in [1.29, 1.82) is 0 Å². The number of carbonyl (C=O) groups excluding carboxylic acids is 2. The first-order valence-corrected chi connectivity index (χ1v) is 9.63. The van der Waals surface area contributed by atoms with Crippen molar-refractivity contribution in [3.05, 3.63) is 60.2 Å². The Morgan fingerprint density at radius 3 is 2.75 bits per heavy atom. The van der Waals surface area contributed by atoms with Crippen LogP contribution in [0.4, 0.5) is 4.79 Å². The standard InChI is InChI=1S/C21H24N4O3/c26-20(19-6-3-13-28-19)25-11-8-16(9-12-25)24-21(27)22-10-7-15-14-23-18-5-2-1-4-17(15)18/h1-6,13-14,16,23H,7-12H2,(H2,22,24,27). The van der Waals surface area contributed by atoms with Crippen LogP contribution in [-0.2, 0) is 6.42 Å². The first-order valence-electron chi connectivity index (χ1n) is 9.63. The molecule has 7 nitrogen and oxygen atoms in total. The lowest BCUT2D eigenvalue weighted by Gasteiger charge is -2.31. The first kappa shape index (κ1) is 18.2. The van der Waals surface area contributed by atoms with Gasteiger partial charge in [-0.2, -0.15) is 0 Å². The van der Waals surface area contributed by atoms with Crippen molar-refractivity contribution < 1.29 is 14.0 Å². The number of carbonyl (C=O) groups is 2. The van der Waals surface area contributed by atoms with E-state index in [0.29, 0.717) is 25.4 Å². The number of nitrogens with zero attached hydrogens (tertiary/aromatic N) is 1. The molecular formula is C21H24N4O3. The van der Waals surface area contributed by atoms with Gasteiger partial charge in [0.2, 0.25) is 0 Å². The third-order valence-electron chi connectivity index (χ3n) is 5.20. The lowest BCUT2D eigenvalue weighted by atomic mass is 10.0. The van der Waals surface area contributed by atoms with Crippen LogP contribution in [0.25, 0.3) is 10.9 Å². The van der Waals surface area contributed by atoms with Gasteiger partial charge in [0.25, 0.3) is 5.91 Å². The van der Waals surface area contributed by atoms with Crippen molar-refractivity contribution in [2.45, 2.75) is 25.3 Å². The molecule has 1 saturated heterocycles. The molecule has 3 aromatic rings. The van der Waals surface area contributed by atoms with Crippen LogP contribution in [0.5, 0.6) is 0 Å². The number of aromatic nitrogens is 1. The summed E-state index contributed by atoms with van der Waals surface area (Å²) in [5, 5.41) is 7.13. The second-order valence-corrected chi connectivity index (χ2v) is 7.05. The number of likely N-dealkylation sites (tertiary alicyclic amines) is 1. The molecule has 1 fully saturated rings. The summed E-state index contributed by atoms with van der Waals surface area (Å²) in [4.78, 5) is 29.5. The molecule has 4 rings (SSSR count). The van der Waals surface area contributed by atoms with Crippen LogP contribution < -0.4 is 10.6 Å². The average molecular weight is 380 g/mol. The minimum Gasteiger partial charge on any atom is -0.459 e. The fourth-order valence-corrected chi connectivity index (χ4v) is 3.67. The monoisotopic (exact) mass is 380 g/mol. The maximum atomic E-state index is 12.3. The normalized spacial score (nSPS) is 14.9. The first-order chi connectivity index (χ1) is 13.7. The molecular weight excluding hydrogens is 356 g/mol. The highest BCUT2D eigenvalue weighted by molar-refractivity contribution is 5.91. The smallest absolute Gasteiger partial charge is 0.315 e. The van der Waals surface area contributed by atoms with E-state index in [1.165, 1.54) is 17.2 Å². The lowest BCUT2D eigenvalue weighted by Crippen LogP contribution is -2.49. The van der Waals surface area contributed by atoms with Gasteiger partial charge < -0.3 is 24.9 Å². The molecule has 0 spiro atoms. The molecule has 0 aliphatic carbocycles. The van der Waals surface area contributed by atoms with E-state index >= 15 is 0 Å². The van der Waals surface area contributed by atoms with Crippen molar-refractivity contribution in [1.82, 2.24) is 20.5 Å². The number of hydrogen-bond donors (Lipinski definition) is 3. The molecule has 0 bridgehead atoms. The Bertz CT molecular complexity index is 940. The van der Waals surface area contributed by atoms with Crippen LogP contribution in [-0.4, -0.2) is 47.5 Å². The number of urea groups is 1. The summed E-state index contributed by atoms with van der Waals surface area (Å²) in [6.45, 7) is 1.79. The van der Waals surface area contributed by atoms with E-state index in [1.807, 2.05) is 24.4 Å². The molecule has 146 valence electrons. The largest absolute Gasteiger partial charge is 0.459 e. The molecule has 0 unspecified atom stereocenters. The minimum absolute atomic E-state index is 0.0775. The number of piperidine rings is 1. The molecule has 0 atom stereocenters. The van der Waals surface area contributed by atoms with Gasteiger partial charge in [0, 0.05) is 42.8 Å². The maximum absolute atomic E-state index is 12.3. The van der Waals surface area contributed by atoms with E-state index in [0.717, 1.165) is 24.8 Å². The third kappa shape index (κ3) is 4.03. The van der Waals surface area contributed by atoms with Crippen molar-refractivity contribution in [3.63, 3.8) is 0 Å². The molecule has 1 aliphatic rings. The molecule has 0 saturated carbocycles. The van der Waals surface area contributed by atoms with E-state index in [2.05, 4.69) is 21.7 Å². The highest BCUT2D eigenvalue weighted by Crippen LogP contribution is 2.18. The van der Waals surface area contributed by atoms with Crippen molar-refractivity contribution in [2.24, 2.45) is 0 Å². The lowest BCUT2D eigenvalue weighted by molar-refractivity contribution is 0.0676. The summed E-state index contributed by atoms with van der Waals surface area (Å²) >= 11 is 0. The SMILES string of the molecule is O=C(NCCc1c[nH]c2ccccc12)NC1CCN(C(=O)c2ccco2)CC1. The summed E-state index contributed by atoms with van der Waals surface area (Å²) in [5.74, 6) is 0.271. The van der Waals surface area contributed by atoms with Crippen LogP contribution in [0.3, 0.4) is 0 Å². The third-order valence-corrected chi connectivity index (χ3v) is 5.20. The molecule has 2 aromatic heterocycles. The average Bonchev–Trinajstić information content (AvgIpc) is 3.39. The predicted molar refractivity (Wildman–Crippen MR) is 106 cm³/mol. The van der Waals surface area contributed by atoms with Gasteiger partial charge in [0.05, 0.1) is 6.26 Å². The summed E-state index contributed by atoms with van der Waals surface area (Å²) in [6.07, 6.45) is 5.75. The highest BCUT2D eigenvalue weighted by atomic mass is 16.3. The van der Waals surface area contributed by atoms with Crippen LogP contribution in [0.2, 0.25) is 0 Å². The quantitative estimate of drug-likeness (QED) is 0.636. The van der Waals surface area contributed by atoms with Gasteiger partial charge in [-0.15, -0.1) is 0 Å². The number of para-hydroxylation sites is 1. The van der Waals surface area contributed by atoms with Crippen molar-refractivity contribution >= 4 is 22.8 Å². The van der Waals surface area contributed by atoms with Gasteiger partial charge in [0.1, 0.15) is 0 Å². The van der Waals surface area contributed by atoms with Crippen LogP contribution >= 0.6 is 0 Å². The number of nitrogens with one attached hydrogen (secondary N) is 3. The van der Waals surface area contributed by atoms with Gasteiger partial charge in [-0.1, -0.05) is 18.2 Å². The fraction of sp³-hybridized carbons (Fsp3) is 0.333. The van der Waals surface area contributed by atoms with Gasteiger partial charge in [-0.05, 0) is 43.0 Å². The van der Waals surface area contributed by atoms with Crippen molar-refractivity contribution in [3.8, 4) is 0 Å². The molecule has 0 radical (unpaired) electrons. The maximum Gasteiger partial charge on any atom is 0.315 e. The Morgan fingerprint density at radius 2 is 1.96 bits per heavy atom. The topological polar surface area (TPSA) is 90.4 Å². The second-order valence-electron chi connectivity index (χ2n) is 7.05. The summed E-state index contributed by atoms with van der Waals surface area (Å²) < 4.78 is 5.17. The molecule has 28 heavy (non-hydrogen) atoms. The Kier molecular flexibility index (Phi) is 5.32. The van der Waals surface area contributed by atoms with E-state index < -0.39 is 0 Å². The number of hydrogen-bond acceptors (Lipinski definition) is 3. The number of H-pyrrole nitrogens is 1. The van der Waals surface area contributed by atoms with Crippen LogP contribution in [0.1, 0.15) is 29.0 Å². The van der Waals surface area contributed by atoms with Gasteiger partial charge in [-0.25, -0.2) is 4.79 Å². The summed E-state index contributed by atoms with van der Waals surface area (Å²) in [5.41, 5.74) is 2.30. The Morgan fingerprint density at radius 1 is 1.14 bits per heavy atom. The van der Waals surface area contributed by atoms with Gasteiger partial charge in [-0.3, -0.25) is 4.79 Å². The number of amides is 3. The van der Waals surface area contributed by atoms with E-state index in [4.69, 9.17) is 4.42 Å². The molecule has 1 aliphatic heterocycles. The Labute approximate surface area is 163 Å². The van der Waals surface area contributed by atoms with Crippen molar-refractivity contribution in [2.75, 3.05) is 19.6 Å². The second kappa shape index (κ2) is 8.21. The number of rotatable bonds is 5. The Balaban J connectivity index is 1.19. The number of benzene rings is 1. The molecule has 3 N–H and O–H groups in total.